The van der Waals surface area contributed by atoms with Crippen LogP contribution in [0.5, 0.6) is 11.5 Å². The van der Waals surface area contributed by atoms with Crippen molar-refractivity contribution >= 4 is 78.4 Å². The Hall–Kier alpha value is -5.68. The fourth-order valence-corrected chi connectivity index (χ4v) is 5.21. The van der Waals surface area contributed by atoms with Gasteiger partial charge in [0.1, 0.15) is 11.3 Å². The first kappa shape index (κ1) is 34.2. The molecule has 2 amide bonds. The Labute approximate surface area is 281 Å². The number of hydrogen-bond acceptors (Lipinski definition) is 11. The Morgan fingerprint density at radius 3 is 1.72 bits per heavy atom. The standard InChI is InChI=1S/C30H20Br2N4O11/c1-45-29(39)20-4-3-5-25(26(20)30(40)46-2)47-24-11-6-15(33-27(37)18-9-7-16(35(41)42)13-21(18)31)12-23(24)34-28(38)19-10-8-17(36(43)44)14-22(19)32/h3-14H,1-2H3,(H,33,37)(H,34,38). The van der Waals surface area contributed by atoms with Crippen LogP contribution in [0.4, 0.5) is 22.7 Å². The van der Waals surface area contributed by atoms with Crippen LogP contribution in [-0.4, -0.2) is 47.8 Å². The monoisotopic (exact) mass is 770 g/mol. The van der Waals surface area contributed by atoms with E-state index >= 15 is 0 Å². The Kier molecular flexibility index (Phi) is 10.6. The van der Waals surface area contributed by atoms with E-state index in [0.717, 1.165) is 32.4 Å². The molecule has 0 fully saturated rings. The van der Waals surface area contributed by atoms with E-state index in [-0.39, 0.29) is 65.4 Å². The smallest absolute Gasteiger partial charge is 0.342 e. The van der Waals surface area contributed by atoms with Gasteiger partial charge in [0.2, 0.25) is 0 Å². The molecule has 2 N–H and O–H groups in total. The van der Waals surface area contributed by atoms with Crippen LogP contribution in [0.25, 0.3) is 0 Å². The minimum atomic E-state index is -0.918. The van der Waals surface area contributed by atoms with Crippen molar-refractivity contribution in [2.45, 2.75) is 0 Å². The maximum absolute atomic E-state index is 13.4. The quantitative estimate of drug-likeness (QED) is 0.0963. The molecule has 15 nitrogen and oxygen atoms in total. The lowest BCUT2D eigenvalue weighted by Gasteiger charge is -2.17. The van der Waals surface area contributed by atoms with Crippen LogP contribution in [0.2, 0.25) is 0 Å². The van der Waals surface area contributed by atoms with Gasteiger partial charge in [-0.25, -0.2) is 9.59 Å². The molecule has 0 bridgehead atoms. The summed E-state index contributed by atoms with van der Waals surface area (Å²) in [6, 6.07) is 15.3. The summed E-state index contributed by atoms with van der Waals surface area (Å²) in [5, 5.41) is 27.5. The summed E-state index contributed by atoms with van der Waals surface area (Å²) in [4.78, 5) is 72.5. The number of carbonyl (C=O) groups is 4. The molecule has 0 aliphatic carbocycles. The molecule has 4 aromatic carbocycles. The second-order valence-electron chi connectivity index (χ2n) is 9.23. The number of nitrogens with one attached hydrogen (secondary N) is 2. The third-order valence-corrected chi connectivity index (χ3v) is 7.66. The van der Waals surface area contributed by atoms with Crippen LogP contribution in [0.15, 0.2) is 81.7 Å². The van der Waals surface area contributed by atoms with Crippen molar-refractivity contribution in [3.8, 4) is 11.5 Å². The Balaban J connectivity index is 1.76. The molecule has 0 spiro atoms. The van der Waals surface area contributed by atoms with Gasteiger partial charge in [0.05, 0.1) is 46.4 Å². The number of hydrogen-bond donors (Lipinski definition) is 2. The van der Waals surface area contributed by atoms with Crippen molar-refractivity contribution in [3.05, 3.63) is 124 Å². The summed E-state index contributed by atoms with van der Waals surface area (Å²) in [5.41, 5.74) is -0.748. The molecule has 4 aromatic rings. The van der Waals surface area contributed by atoms with Gasteiger partial charge in [0.25, 0.3) is 23.2 Å². The highest BCUT2D eigenvalue weighted by atomic mass is 79.9. The fourth-order valence-electron chi connectivity index (χ4n) is 4.11. The van der Waals surface area contributed by atoms with E-state index in [1.807, 2.05) is 0 Å². The lowest BCUT2D eigenvalue weighted by molar-refractivity contribution is -0.385. The zero-order chi connectivity index (χ0) is 34.4. The molecule has 0 atom stereocenters. The summed E-state index contributed by atoms with van der Waals surface area (Å²) in [6.07, 6.45) is 0. The SMILES string of the molecule is COC(=O)c1cccc(Oc2ccc(NC(=O)c3ccc([N+](=O)[O-])cc3Br)cc2NC(=O)c2ccc([N+](=O)[O-])cc2Br)c1C(=O)OC. The average Bonchev–Trinajstić information content (AvgIpc) is 3.04. The van der Waals surface area contributed by atoms with Gasteiger partial charge in [-0.1, -0.05) is 6.07 Å². The predicted octanol–water partition coefficient (Wildman–Crippen LogP) is 6.90. The Morgan fingerprint density at radius 1 is 0.660 bits per heavy atom. The molecule has 0 saturated heterocycles. The van der Waals surface area contributed by atoms with Crippen LogP contribution in [0.1, 0.15) is 41.4 Å². The predicted molar refractivity (Wildman–Crippen MR) is 173 cm³/mol. The number of esters is 2. The molecule has 240 valence electrons. The van der Waals surface area contributed by atoms with Crippen LogP contribution in [0, 0.1) is 20.2 Å². The van der Waals surface area contributed by atoms with Gasteiger partial charge in [-0.3, -0.25) is 29.8 Å². The number of anilines is 2. The number of ether oxygens (including phenoxy) is 3. The molecule has 0 saturated carbocycles. The van der Waals surface area contributed by atoms with Gasteiger partial charge in [0.15, 0.2) is 5.75 Å². The molecule has 17 heteroatoms. The lowest BCUT2D eigenvalue weighted by atomic mass is 10.1. The van der Waals surface area contributed by atoms with E-state index in [0.29, 0.717) is 0 Å². The van der Waals surface area contributed by atoms with Gasteiger partial charge in [-0.05, 0) is 74.3 Å². The lowest BCUT2D eigenvalue weighted by Crippen LogP contribution is -2.16. The minimum Gasteiger partial charge on any atom is -0.465 e. The number of nitro groups is 2. The molecule has 0 aliphatic heterocycles. The van der Waals surface area contributed by atoms with Crippen molar-refractivity contribution in [1.82, 2.24) is 0 Å². The largest absolute Gasteiger partial charge is 0.465 e. The van der Waals surface area contributed by atoms with Crippen LogP contribution < -0.4 is 15.4 Å². The molecular formula is C30H20Br2N4O11. The van der Waals surface area contributed by atoms with Crippen molar-refractivity contribution < 1.29 is 43.2 Å². The third-order valence-electron chi connectivity index (χ3n) is 6.34. The Morgan fingerprint density at radius 2 is 1.21 bits per heavy atom. The van der Waals surface area contributed by atoms with E-state index in [4.69, 9.17) is 14.2 Å². The number of benzene rings is 4. The normalized spacial score (nSPS) is 10.4. The van der Waals surface area contributed by atoms with Gasteiger partial charge >= 0.3 is 11.9 Å². The summed E-state index contributed by atoms with van der Waals surface area (Å²) < 4.78 is 15.9. The Bertz CT molecular complexity index is 1970. The highest BCUT2D eigenvalue weighted by Crippen LogP contribution is 2.36. The first-order valence-electron chi connectivity index (χ1n) is 13.0. The molecule has 0 unspecified atom stereocenters. The molecule has 0 aromatic heterocycles. The number of rotatable bonds is 10. The van der Waals surface area contributed by atoms with Gasteiger partial charge in [-0.15, -0.1) is 0 Å². The van der Waals surface area contributed by atoms with Gasteiger partial charge in [0, 0.05) is 38.9 Å². The highest BCUT2D eigenvalue weighted by Gasteiger charge is 2.25. The number of amides is 2. The van der Waals surface area contributed by atoms with E-state index in [1.165, 1.54) is 54.6 Å². The number of nitro benzene ring substituents is 2. The fraction of sp³-hybridized carbons (Fsp3) is 0.0667. The van der Waals surface area contributed by atoms with Crippen LogP contribution in [-0.2, 0) is 9.47 Å². The van der Waals surface area contributed by atoms with E-state index in [2.05, 4.69) is 42.5 Å². The van der Waals surface area contributed by atoms with Crippen LogP contribution >= 0.6 is 31.9 Å². The number of methoxy groups -OCH3 is 2. The van der Waals surface area contributed by atoms with E-state index in [1.54, 1.807) is 0 Å². The van der Waals surface area contributed by atoms with Crippen molar-refractivity contribution in [1.29, 1.82) is 0 Å². The average molecular weight is 772 g/mol. The molecule has 0 radical (unpaired) electrons. The zero-order valence-corrected chi connectivity index (χ0v) is 27.2. The molecule has 0 heterocycles. The summed E-state index contributed by atoms with van der Waals surface area (Å²) >= 11 is 6.32. The van der Waals surface area contributed by atoms with Gasteiger partial charge < -0.3 is 24.8 Å². The maximum Gasteiger partial charge on any atom is 0.342 e. The summed E-state index contributed by atoms with van der Waals surface area (Å²) in [5.74, 6) is -3.36. The van der Waals surface area contributed by atoms with Crippen molar-refractivity contribution in [3.63, 3.8) is 0 Å². The molecular weight excluding hydrogens is 752 g/mol. The minimum absolute atomic E-state index is 0.00809. The summed E-state index contributed by atoms with van der Waals surface area (Å²) in [6.45, 7) is 0. The number of carbonyl (C=O) groups excluding carboxylic acids is 4. The number of halogens is 2. The topological polar surface area (TPSA) is 206 Å². The maximum atomic E-state index is 13.4. The van der Waals surface area contributed by atoms with Crippen LogP contribution in [0.3, 0.4) is 0 Å². The van der Waals surface area contributed by atoms with Crippen molar-refractivity contribution in [2.75, 3.05) is 24.9 Å². The molecule has 0 aliphatic rings. The second-order valence-corrected chi connectivity index (χ2v) is 10.9. The molecule has 47 heavy (non-hydrogen) atoms. The number of non-ortho nitro benzene ring substituents is 2. The first-order valence-corrected chi connectivity index (χ1v) is 14.5. The van der Waals surface area contributed by atoms with E-state index in [9.17, 15) is 39.4 Å². The first-order chi connectivity index (χ1) is 22.3. The summed E-state index contributed by atoms with van der Waals surface area (Å²) in [7, 11) is 2.23. The number of nitrogens with zero attached hydrogens (tertiary/aromatic N) is 2. The second kappa shape index (κ2) is 14.6. The molecule has 4 rings (SSSR count). The third kappa shape index (κ3) is 7.77. The highest BCUT2D eigenvalue weighted by molar-refractivity contribution is 9.10. The van der Waals surface area contributed by atoms with Crippen molar-refractivity contribution in [2.24, 2.45) is 0 Å². The zero-order valence-electron chi connectivity index (χ0n) is 24.1. The van der Waals surface area contributed by atoms with Gasteiger partial charge in [-0.2, -0.15) is 0 Å². The van der Waals surface area contributed by atoms with E-state index < -0.39 is 33.6 Å².